The Morgan fingerprint density at radius 3 is 0.804 bits per heavy atom. The molecule has 4 aliphatic heterocycles. The summed E-state index contributed by atoms with van der Waals surface area (Å²) in [4.78, 5) is 215. The Hall–Kier alpha value is -7.46. The van der Waals surface area contributed by atoms with Crippen LogP contribution in [0.15, 0.2) is 0 Å². The summed E-state index contributed by atoms with van der Waals surface area (Å²) < 4.78 is 0. The highest BCUT2D eigenvalue weighted by Crippen LogP contribution is 2.19. The van der Waals surface area contributed by atoms with Crippen molar-refractivity contribution < 1.29 is 67.1 Å². The molecule has 0 aromatic carbocycles. The van der Waals surface area contributed by atoms with Crippen LogP contribution in [0.5, 0.6) is 0 Å². The number of primary amides is 1. The van der Waals surface area contributed by atoms with Crippen LogP contribution in [-0.2, 0) is 67.1 Å². The molecule has 580 valence electrons. The Kier molecular flexibility index (Phi) is 39.7. The van der Waals surface area contributed by atoms with Gasteiger partial charge in [0.2, 0.25) is 82.7 Å². The minimum Gasteiger partial charge on any atom is -0.368 e. The summed E-state index contributed by atoms with van der Waals surface area (Å²) in [5.41, 5.74) is 5.56. The van der Waals surface area contributed by atoms with Gasteiger partial charge in [0, 0.05) is 140 Å². The van der Waals surface area contributed by atoms with E-state index >= 15 is 24.0 Å². The molecular formula is C73H129N15O14. The smallest absolute Gasteiger partial charge is 0.242 e. The average Bonchev–Trinajstić information content (AvgIpc) is 1.37. The fourth-order valence-corrected chi connectivity index (χ4v) is 13.0. The highest BCUT2D eigenvalue weighted by molar-refractivity contribution is 5.95. The second-order valence-electron chi connectivity index (χ2n) is 28.2. The minimum absolute atomic E-state index is 0. The third-order valence-electron chi connectivity index (χ3n) is 20.8. The summed E-state index contributed by atoms with van der Waals surface area (Å²) in [6.45, 7) is 21.5. The number of carbonyl (C=O) groups is 14. The van der Waals surface area contributed by atoms with E-state index in [0.717, 1.165) is 6.42 Å². The molecule has 0 radical (unpaired) electrons. The number of amides is 14. The maximum absolute atomic E-state index is 15.2. The quantitative estimate of drug-likeness (QED) is 0.0885. The highest BCUT2D eigenvalue weighted by atomic mass is 16.2. The maximum Gasteiger partial charge on any atom is 0.242 e. The van der Waals surface area contributed by atoms with Gasteiger partial charge in [-0.2, -0.15) is 0 Å². The number of nitrogens with one attached hydrogen (secondary N) is 1. The Morgan fingerprint density at radius 1 is 0.343 bits per heavy atom. The van der Waals surface area contributed by atoms with Crippen LogP contribution < -0.4 is 11.1 Å². The lowest BCUT2D eigenvalue weighted by Crippen LogP contribution is -2.55. The van der Waals surface area contributed by atoms with Crippen LogP contribution in [0.2, 0.25) is 0 Å². The number of nitrogens with zero attached hydrogens (tertiary/aromatic N) is 13. The summed E-state index contributed by atoms with van der Waals surface area (Å²) >= 11 is 0. The molecule has 0 aromatic rings. The van der Waals surface area contributed by atoms with Crippen molar-refractivity contribution in [2.75, 3.05) is 144 Å². The van der Waals surface area contributed by atoms with Gasteiger partial charge < -0.3 is 74.7 Å². The van der Waals surface area contributed by atoms with Crippen LogP contribution in [0.4, 0.5) is 0 Å². The van der Waals surface area contributed by atoms with Gasteiger partial charge in [-0.05, 0) is 131 Å². The molecule has 0 unspecified atom stereocenters. The summed E-state index contributed by atoms with van der Waals surface area (Å²) in [5.74, 6) is -5.66. The van der Waals surface area contributed by atoms with E-state index < -0.39 is 117 Å². The van der Waals surface area contributed by atoms with E-state index in [1.54, 1.807) is 47.3 Å². The van der Waals surface area contributed by atoms with Crippen molar-refractivity contribution >= 4 is 82.7 Å². The van der Waals surface area contributed by atoms with Crippen molar-refractivity contribution in [3.63, 3.8) is 0 Å². The van der Waals surface area contributed by atoms with Crippen LogP contribution in [0.3, 0.4) is 0 Å². The molecule has 4 rings (SSSR count). The van der Waals surface area contributed by atoms with E-state index in [2.05, 4.69) is 5.32 Å². The van der Waals surface area contributed by atoms with Gasteiger partial charge in [-0.3, -0.25) is 67.1 Å². The van der Waals surface area contributed by atoms with Gasteiger partial charge in [0.25, 0.3) is 0 Å². The first-order valence-corrected chi connectivity index (χ1v) is 37.7. The van der Waals surface area contributed by atoms with Crippen molar-refractivity contribution in [2.24, 2.45) is 5.73 Å². The first-order chi connectivity index (χ1) is 48.0. The molecule has 0 aromatic heterocycles. The maximum atomic E-state index is 15.2. The van der Waals surface area contributed by atoms with E-state index in [-0.39, 0.29) is 127 Å². The van der Waals surface area contributed by atoms with Crippen LogP contribution in [0.1, 0.15) is 206 Å². The third kappa shape index (κ3) is 28.3. The van der Waals surface area contributed by atoms with E-state index in [9.17, 15) is 43.2 Å². The fraction of sp³-hybridized carbons (Fsp3) is 0.808. The fourth-order valence-electron chi connectivity index (χ4n) is 13.0. The first kappa shape index (κ1) is 88.8. The molecule has 0 saturated carbocycles. The normalized spacial score (nSPS) is 16.2. The largest absolute Gasteiger partial charge is 0.368 e. The second kappa shape index (κ2) is 45.6. The number of nitrogens with two attached hydrogens (primary N) is 1. The van der Waals surface area contributed by atoms with Crippen molar-refractivity contribution in [2.45, 2.75) is 242 Å². The molecule has 29 nitrogen and oxygen atoms in total. The molecule has 0 bridgehead atoms. The van der Waals surface area contributed by atoms with Gasteiger partial charge in [0.1, 0.15) is 26.2 Å². The zero-order valence-electron chi connectivity index (χ0n) is 63.4. The summed E-state index contributed by atoms with van der Waals surface area (Å²) in [6, 6.07) is -2.30. The number of rotatable bonds is 48. The first-order valence-electron chi connectivity index (χ1n) is 37.7. The molecule has 0 spiro atoms. The number of hydrogen-bond donors (Lipinski definition) is 2. The van der Waals surface area contributed by atoms with E-state index in [0.29, 0.717) is 136 Å². The van der Waals surface area contributed by atoms with Crippen LogP contribution in [0.25, 0.3) is 0 Å². The van der Waals surface area contributed by atoms with Crippen LogP contribution in [-0.4, -0.2) is 327 Å². The minimum atomic E-state index is -0.717. The number of carbonyl (C=O) groups excluding carboxylic acids is 14. The topological polar surface area (TPSA) is 319 Å². The lowest BCUT2D eigenvalue weighted by atomic mass is 10.1. The average molecular weight is 1440 g/mol. The predicted octanol–water partition coefficient (Wildman–Crippen LogP) is 3.00. The van der Waals surface area contributed by atoms with Crippen molar-refractivity contribution in [1.29, 1.82) is 0 Å². The van der Waals surface area contributed by atoms with Crippen LogP contribution >= 0.6 is 0 Å². The monoisotopic (exact) mass is 1440 g/mol. The van der Waals surface area contributed by atoms with Gasteiger partial charge in [-0.1, -0.05) is 49.0 Å². The van der Waals surface area contributed by atoms with E-state index in [4.69, 9.17) is 5.73 Å². The molecule has 102 heavy (non-hydrogen) atoms. The number of likely N-dealkylation sites (tertiary alicyclic amines) is 4. The molecule has 4 aliphatic rings. The molecular weight excluding hydrogens is 1310 g/mol. The van der Waals surface area contributed by atoms with Crippen molar-refractivity contribution in [3.8, 4) is 0 Å². The van der Waals surface area contributed by atoms with E-state index in [1.165, 1.54) is 44.1 Å². The zero-order valence-corrected chi connectivity index (χ0v) is 63.4. The lowest BCUT2D eigenvalue weighted by Gasteiger charge is -2.36. The summed E-state index contributed by atoms with van der Waals surface area (Å²) in [5, 5.41) is 3.22. The Morgan fingerprint density at radius 2 is 0.569 bits per heavy atom. The van der Waals surface area contributed by atoms with Gasteiger partial charge in [-0.25, -0.2) is 0 Å². The van der Waals surface area contributed by atoms with Gasteiger partial charge in [0.15, 0.2) is 0 Å². The Labute approximate surface area is 608 Å². The summed E-state index contributed by atoms with van der Waals surface area (Å²) in [6.07, 6.45) is 8.56. The SMILES string of the molecule is C.CC[C@@H](C)NCC(=O)N(CC(=O)N(CCCN1CCCC1=O)CC(=O)N(CCCN1CCCC1=O)CC(=O)N(CC(=O)N(CC(=O)N(CCCN1CCCC1=O)CC(=O)N(CCCN1CCCC1=O)CC(=O)N(CC(=O)N(CC(N)=O)[C@H](C)CC)[C@H](C)CC)[C@H](C)CC)[C@H](C)CC)[C@H](C)CC. The zero-order chi connectivity index (χ0) is 75.0. The standard InChI is InChI=1S/C72H125N15O14.CH4/c1-13-53(7)74-43-64(93)84(55(9)15-3)49-67(96)79(39-23-35-75-31-19-27-60(75)89)45-65(94)82(42-26-38-78-34-22-30-63(78)92)48-70(99)87(58(12)18-6)52-72(101)85(56(10)16-4)50-68(97)80(40-24-36-76-32-20-28-61(76)90)46-66(95)81(41-25-37-77-33-21-29-62(77)91)47-69(98)86(57(11)17-5)51-71(100)83(44-59(73)88)54(8)14-2;/h53-58,74H,13-52H2,1-12H3,(H2,73,88);1H4/t53-,54-,55-,56-,57-,58-;/m1./s1. The second-order valence-corrected chi connectivity index (χ2v) is 28.2. The molecule has 14 amide bonds. The van der Waals surface area contributed by atoms with Crippen molar-refractivity contribution in [3.05, 3.63) is 0 Å². The summed E-state index contributed by atoms with van der Waals surface area (Å²) in [7, 11) is 0. The molecule has 6 atom stereocenters. The molecule has 0 aliphatic carbocycles. The third-order valence-corrected chi connectivity index (χ3v) is 20.8. The molecule has 4 saturated heterocycles. The molecule has 29 heteroatoms. The van der Waals surface area contributed by atoms with E-state index in [1.807, 2.05) is 55.4 Å². The predicted molar refractivity (Wildman–Crippen MR) is 389 cm³/mol. The van der Waals surface area contributed by atoms with Crippen molar-refractivity contribution in [1.82, 2.24) is 69.0 Å². The van der Waals surface area contributed by atoms with Gasteiger partial charge in [-0.15, -0.1) is 0 Å². The van der Waals surface area contributed by atoms with Crippen LogP contribution in [0, 0.1) is 0 Å². The molecule has 4 heterocycles. The Bertz CT molecular complexity index is 2790. The Balaban J connectivity index is 0.0000270. The molecule has 3 N–H and O–H groups in total. The molecule has 4 fully saturated rings. The highest BCUT2D eigenvalue weighted by Gasteiger charge is 2.36. The van der Waals surface area contributed by atoms with Gasteiger partial charge in [0.05, 0.1) is 39.3 Å². The van der Waals surface area contributed by atoms with Gasteiger partial charge >= 0.3 is 0 Å². The lowest BCUT2D eigenvalue weighted by molar-refractivity contribution is -0.151. The number of hydrogen-bond acceptors (Lipinski definition) is 15.